The van der Waals surface area contributed by atoms with Crippen molar-refractivity contribution in [3.8, 4) is 0 Å². The van der Waals surface area contributed by atoms with Gasteiger partial charge >= 0.3 is 0 Å². The summed E-state index contributed by atoms with van der Waals surface area (Å²) in [5.74, 6) is 0. The summed E-state index contributed by atoms with van der Waals surface area (Å²) in [7, 11) is 0. The molecule has 106 valence electrons. The lowest BCUT2D eigenvalue weighted by atomic mass is 10.1. The van der Waals surface area contributed by atoms with Crippen molar-refractivity contribution < 1.29 is 4.74 Å². The largest absolute Gasteiger partial charge is 0.379 e. The van der Waals surface area contributed by atoms with Crippen molar-refractivity contribution in [1.29, 1.82) is 0 Å². The minimum absolute atomic E-state index is 0.894. The second-order valence-corrected chi connectivity index (χ2v) is 5.86. The Labute approximate surface area is 124 Å². The summed E-state index contributed by atoms with van der Waals surface area (Å²) in [4.78, 5) is 2.48. The van der Waals surface area contributed by atoms with Gasteiger partial charge in [0.2, 0.25) is 0 Å². The van der Waals surface area contributed by atoms with Gasteiger partial charge in [0.15, 0.2) is 0 Å². The molecule has 1 aliphatic heterocycles. The van der Waals surface area contributed by atoms with Crippen LogP contribution in [0, 0.1) is 6.92 Å². The number of hydrogen-bond acceptors (Lipinski definition) is 3. The summed E-state index contributed by atoms with van der Waals surface area (Å²) in [5, 5.41) is 3.53. The molecule has 0 amide bonds. The molecule has 0 spiro atoms. The van der Waals surface area contributed by atoms with Gasteiger partial charge in [-0.15, -0.1) is 0 Å². The number of morpholine rings is 1. The highest BCUT2D eigenvalue weighted by Crippen LogP contribution is 2.19. The lowest BCUT2D eigenvalue weighted by Crippen LogP contribution is -2.37. The van der Waals surface area contributed by atoms with E-state index in [9.17, 15) is 0 Å². The first-order chi connectivity index (χ1) is 9.27. The minimum Gasteiger partial charge on any atom is -0.379 e. The molecule has 0 aromatic heterocycles. The smallest absolute Gasteiger partial charge is 0.0594 e. The van der Waals surface area contributed by atoms with E-state index in [1.165, 1.54) is 28.6 Å². The summed E-state index contributed by atoms with van der Waals surface area (Å²) in [6, 6.07) is 6.38. The van der Waals surface area contributed by atoms with Crippen LogP contribution in [0.2, 0.25) is 0 Å². The number of nitrogens with one attached hydrogen (secondary N) is 1. The van der Waals surface area contributed by atoms with Crippen molar-refractivity contribution in [3.05, 3.63) is 33.8 Å². The van der Waals surface area contributed by atoms with Gasteiger partial charge in [-0.1, -0.05) is 28.1 Å². The molecule has 1 aliphatic rings. The fourth-order valence-corrected chi connectivity index (χ4v) is 2.73. The maximum absolute atomic E-state index is 5.35. The standard InChI is InChI=1S/C15H23BrN2O/c1-13-14(4-2-5-15(13)16)12-17-6-3-7-18-8-10-19-11-9-18/h2,4-5,17H,3,6-12H2,1H3. The molecular weight excluding hydrogens is 304 g/mol. The van der Waals surface area contributed by atoms with Crippen LogP contribution in [-0.2, 0) is 11.3 Å². The second kappa shape index (κ2) is 8.00. The summed E-state index contributed by atoms with van der Waals surface area (Å²) < 4.78 is 6.54. The highest BCUT2D eigenvalue weighted by Gasteiger charge is 2.09. The third-order valence-electron chi connectivity index (χ3n) is 3.63. The molecule has 0 aliphatic carbocycles. The second-order valence-electron chi connectivity index (χ2n) is 5.01. The molecule has 1 aromatic carbocycles. The number of benzene rings is 1. The van der Waals surface area contributed by atoms with Crippen molar-refractivity contribution in [1.82, 2.24) is 10.2 Å². The Morgan fingerprint density at radius 1 is 1.32 bits per heavy atom. The minimum atomic E-state index is 0.894. The van der Waals surface area contributed by atoms with E-state index in [1.807, 2.05) is 0 Å². The zero-order chi connectivity index (χ0) is 13.5. The van der Waals surface area contributed by atoms with Gasteiger partial charge in [-0.05, 0) is 43.6 Å². The van der Waals surface area contributed by atoms with Crippen LogP contribution in [0.4, 0.5) is 0 Å². The Morgan fingerprint density at radius 2 is 2.11 bits per heavy atom. The summed E-state index contributed by atoms with van der Waals surface area (Å²) in [6.45, 7) is 9.32. The van der Waals surface area contributed by atoms with E-state index >= 15 is 0 Å². The molecule has 0 atom stereocenters. The Morgan fingerprint density at radius 3 is 2.89 bits per heavy atom. The molecule has 0 radical (unpaired) electrons. The van der Waals surface area contributed by atoms with Gasteiger partial charge in [-0.25, -0.2) is 0 Å². The van der Waals surface area contributed by atoms with Crippen LogP contribution >= 0.6 is 15.9 Å². The van der Waals surface area contributed by atoms with Crippen LogP contribution in [0.25, 0.3) is 0 Å². The first kappa shape index (κ1) is 15.0. The molecule has 2 rings (SSSR count). The van der Waals surface area contributed by atoms with E-state index in [0.717, 1.165) is 39.4 Å². The molecular formula is C15H23BrN2O. The summed E-state index contributed by atoms with van der Waals surface area (Å²) >= 11 is 3.57. The molecule has 1 aromatic rings. The van der Waals surface area contributed by atoms with Crippen molar-refractivity contribution in [2.75, 3.05) is 39.4 Å². The van der Waals surface area contributed by atoms with E-state index < -0.39 is 0 Å². The Kier molecular flexibility index (Phi) is 6.31. The molecule has 1 fully saturated rings. The molecule has 0 saturated carbocycles. The lowest BCUT2D eigenvalue weighted by Gasteiger charge is -2.26. The van der Waals surface area contributed by atoms with Crippen LogP contribution in [-0.4, -0.2) is 44.3 Å². The number of rotatable bonds is 6. The quantitative estimate of drug-likeness (QED) is 0.813. The highest BCUT2D eigenvalue weighted by molar-refractivity contribution is 9.10. The summed E-state index contributed by atoms with van der Waals surface area (Å²) in [5.41, 5.74) is 2.71. The third-order valence-corrected chi connectivity index (χ3v) is 4.49. The average Bonchev–Trinajstić information content (AvgIpc) is 2.44. The lowest BCUT2D eigenvalue weighted by molar-refractivity contribution is 0.0374. The SMILES string of the molecule is Cc1c(Br)cccc1CNCCCN1CCOCC1. The highest BCUT2D eigenvalue weighted by atomic mass is 79.9. The van der Waals surface area contributed by atoms with Crippen LogP contribution in [0.15, 0.2) is 22.7 Å². The average molecular weight is 327 g/mol. The van der Waals surface area contributed by atoms with E-state index in [4.69, 9.17) is 4.74 Å². The summed E-state index contributed by atoms with van der Waals surface area (Å²) in [6.07, 6.45) is 1.20. The Hall–Kier alpha value is -0.420. The molecule has 3 nitrogen and oxygen atoms in total. The molecule has 0 unspecified atom stereocenters. The fourth-order valence-electron chi connectivity index (χ4n) is 2.32. The van der Waals surface area contributed by atoms with Gasteiger partial charge in [0.05, 0.1) is 13.2 Å². The molecule has 1 heterocycles. The van der Waals surface area contributed by atoms with Gasteiger partial charge in [-0.3, -0.25) is 4.90 Å². The van der Waals surface area contributed by atoms with Gasteiger partial charge in [0.1, 0.15) is 0 Å². The van der Waals surface area contributed by atoms with Crippen molar-refractivity contribution in [2.45, 2.75) is 19.9 Å². The van der Waals surface area contributed by atoms with Crippen LogP contribution < -0.4 is 5.32 Å². The van der Waals surface area contributed by atoms with E-state index in [-0.39, 0.29) is 0 Å². The topological polar surface area (TPSA) is 24.5 Å². The zero-order valence-corrected chi connectivity index (χ0v) is 13.2. The number of ether oxygens (including phenoxy) is 1. The van der Waals surface area contributed by atoms with Crippen LogP contribution in [0.5, 0.6) is 0 Å². The Balaban J connectivity index is 1.62. The zero-order valence-electron chi connectivity index (χ0n) is 11.6. The first-order valence-corrected chi connectivity index (χ1v) is 7.81. The van der Waals surface area contributed by atoms with Gasteiger partial charge in [-0.2, -0.15) is 0 Å². The van der Waals surface area contributed by atoms with E-state index in [1.54, 1.807) is 0 Å². The van der Waals surface area contributed by atoms with Crippen LogP contribution in [0.3, 0.4) is 0 Å². The predicted molar refractivity (Wildman–Crippen MR) is 82.5 cm³/mol. The molecule has 1 saturated heterocycles. The van der Waals surface area contributed by atoms with Gasteiger partial charge < -0.3 is 10.1 Å². The van der Waals surface area contributed by atoms with Crippen molar-refractivity contribution in [2.24, 2.45) is 0 Å². The Bertz CT molecular complexity index is 392. The number of hydrogen-bond donors (Lipinski definition) is 1. The number of nitrogens with zero attached hydrogens (tertiary/aromatic N) is 1. The molecule has 0 bridgehead atoms. The monoisotopic (exact) mass is 326 g/mol. The number of halogens is 1. The third kappa shape index (κ3) is 4.88. The first-order valence-electron chi connectivity index (χ1n) is 7.02. The normalized spacial score (nSPS) is 16.7. The van der Waals surface area contributed by atoms with Crippen LogP contribution in [0.1, 0.15) is 17.5 Å². The predicted octanol–water partition coefficient (Wildman–Crippen LogP) is 2.57. The van der Waals surface area contributed by atoms with E-state index in [2.05, 4.69) is 51.3 Å². The van der Waals surface area contributed by atoms with Crippen molar-refractivity contribution in [3.63, 3.8) is 0 Å². The van der Waals surface area contributed by atoms with Crippen molar-refractivity contribution >= 4 is 15.9 Å². The van der Waals surface area contributed by atoms with E-state index in [0.29, 0.717) is 0 Å². The van der Waals surface area contributed by atoms with Gasteiger partial charge in [0.25, 0.3) is 0 Å². The maximum atomic E-state index is 5.35. The van der Waals surface area contributed by atoms with Gasteiger partial charge in [0, 0.05) is 24.1 Å². The molecule has 1 N–H and O–H groups in total. The molecule has 19 heavy (non-hydrogen) atoms. The molecule has 4 heteroatoms. The fraction of sp³-hybridized carbons (Fsp3) is 0.600. The maximum Gasteiger partial charge on any atom is 0.0594 e.